The molecule has 1 aliphatic heterocycles. The maximum absolute atomic E-state index is 5.47. The van der Waals surface area contributed by atoms with E-state index in [1.165, 1.54) is 12.8 Å². The second-order valence-corrected chi connectivity index (χ2v) is 4.54. The number of nitrogens with one attached hydrogen (secondary N) is 1. The minimum absolute atomic E-state index is 0.253. The van der Waals surface area contributed by atoms with Gasteiger partial charge in [0.05, 0.1) is 12.6 Å². The van der Waals surface area contributed by atoms with Gasteiger partial charge in [-0.2, -0.15) is 0 Å². The maximum Gasteiger partial charge on any atom is 0.147 e. The number of aromatic nitrogens is 3. The third-order valence-corrected chi connectivity index (χ3v) is 3.10. The summed E-state index contributed by atoms with van der Waals surface area (Å²) in [5, 5.41) is 11.9. The molecule has 1 aromatic heterocycles. The van der Waals surface area contributed by atoms with E-state index in [1.807, 2.05) is 6.92 Å². The van der Waals surface area contributed by atoms with Gasteiger partial charge in [0.15, 0.2) is 0 Å². The summed E-state index contributed by atoms with van der Waals surface area (Å²) in [5.41, 5.74) is 0. The Labute approximate surface area is 103 Å². The molecule has 0 spiro atoms. The largest absolute Gasteiger partial charge is 0.377 e. The van der Waals surface area contributed by atoms with E-state index in [4.69, 9.17) is 4.74 Å². The zero-order chi connectivity index (χ0) is 12.1. The molecule has 0 saturated heterocycles. The molecule has 5 heteroatoms. The van der Waals surface area contributed by atoms with Crippen LogP contribution >= 0.6 is 0 Å². The zero-order valence-electron chi connectivity index (χ0n) is 10.8. The van der Waals surface area contributed by atoms with Gasteiger partial charge in [-0.05, 0) is 26.7 Å². The molecule has 2 heterocycles. The quantitative estimate of drug-likeness (QED) is 0.807. The predicted molar refractivity (Wildman–Crippen MR) is 65.8 cm³/mol. The Morgan fingerprint density at radius 1 is 1.41 bits per heavy atom. The summed E-state index contributed by atoms with van der Waals surface area (Å²) in [6.07, 6.45) is 3.81. The predicted octanol–water partition coefficient (Wildman–Crippen LogP) is 1.13. The van der Waals surface area contributed by atoms with Crippen LogP contribution in [0.1, 0.15) is 38.3 Å². The van der Waals surface area contributed by atoms with Crippen molar-refractivity contribution < 1.29 is 4.74 Å². The summed E-state index contributed by atoms with van der Waals surface area (Å²) in [7, 11) is 0. The van der Waals surface area contributed by atoms with E-state index in [2.05, 4.69) is 27.0 Å². The molecule has 1 aliphatic rings. The van der Waals surface area contributed by atoms with Crippen LogP contribution in [0.4, 0.5) is 0 Å². The standard InChI is InChI=1S/C12H22N4O/c1-3-17-10(2)8-13-9-12-15-14-11-6-4-5-7-16(11)12/h10,13H,3-9H2,1-2H3. The molecular weight excluding hydrogens is 216 g/mol. The minimum atomic E-state index is 0.253. The highest BCUT2D eigenvalue weighted by molar-refractivity contribution is 4.98. The topological polar surface area (TPSA) is 52.0 Å². The lowest BCUT2D eigenvalue weighted by atomic mass is 10.2. The van der Waals surface area contributed by atoms with Gasteiger partial charge in [-0.3, -0.25) is 0 Å². The summed E-state index contributed by atoms with van der Waals surface area (Å²) < 4.78 is 7.72. The molecule has 5 nitrogen and oxygen atoms in total. The molecule has 17 heavy (non-hydrogen) atoms. The number of nitrogens with zero attached hydrogens (tertiary/aromatic N) is 3. The van der Waals surface area contributed by atoms with Crippen molar-refractivity contribution in [2.24, 2.45) is 0 Å². The van der Waals surface area contributed by atoms with E-state index < -0.39 is 0 Å². The number of ether oxygens (including phenoxy) is 1. The lowest BCUT2D eigenvalue weighted by Crippen LogP contribution is -2.28. The average Bonchev–Trinajstić information content (AvgIpc) is 2.73. The van der Waals surface area contributed by atoms with Crippen molar-refractivity contribution in [3.05, 3.63) is 11.6 Å². The van der Waals surface area contributed by atoms with Gasteiger partial charge < -0.3 is 14.6 Å². The highest BCUT2D eigenvalue weighted by Gasteiger charge is 2.15. The van der Waals surface area contributed by atoms with Crippen LogP contribution in [0, 0.1) is 0 Å². The molecule has 0 bridgehead atoms. The first-order valence-corrected chi connectivity index (χ1v) is 6.54. The number of fused-ring (bicyclic) bond motifs is 1. The normalized spacial score (nSPS) is 16.8. The Balaban J connectivity index is 1.81. The summed E-state index contributed by atoms with van der Waals surface area (Å²) >= 11 is 0. The first-order chi connectivity index (χ1) is 8.31. The van der Waals surface area contributed by atoms with E-state index in [1.54, 1.807) is 0 Å². The van der Waals surface area contributed by atoms with Crippen molar-refractivity contribution in [3.63, 3.8) is 0 Å². The van der Waals surface area contributed by atoms with Crippen LogP contribution in [0.15, 0.2) is 0 Å². The van der Waals surface area contributed by atoms with E-state index in [9.17, 15) is 0 Å². The minimum Gasteiger partial charge on any atom is -0.377 e. The highest BCUT2D eigenvalue weighted by Crippen LogP contribution is 2.13. The van der Waals surface area contributed by atoms with Crippen LogP contribution in [0.5, 0.6) is 0 Å². The van der Waals surface area contributed by atoms with Gasteiger partial charge in [0, 0.05) is 26.1 Å². The SMILES string of the molecule is CCOC(C)CNCc1nnc2n1CCCC2. The molecule has 96 valence electrons. The Hall–Kier alpha value is -0.940. The lowest BCUT2D eigenvalue weighted by Gasteiger charge is -2.16. The Morgan fingerprint density at radius 3 is 3.12 bits per heavy atom. The summed E-state index contributed by atoms with van der Waals surface area (Å²) in [4.78, 5) is 0. The third-order valence-electron chi connectivity index (χ3n) is 3.10. The van der Waals surface area contributed by atoms with E-state index in [0.29, 0.717) is 0 Å². The smallest absolute Gasteiger partial charge is 0.147 e. The molecule has 0 radical (unpaired) electrons. The Morgan fingerprint density at radius 2 is 2.29 bits per heavy atom. The molecule has 1 aromatic rings. The zero-order valence-corrected chi connectivity index (χ0v) is 10.8. The van der Waals surface area contributed by atoms with Gasteiger partial charge in [-0.15, -0.1) is 10.2 Å². The molecule has 0 saturated carbocycles. The fourth-order valence-corrected chi connectivity index (χ4v) is 2.23. The van der Waals surface area contributed by atoms with Gasteiger partial charge in [0.2, 0.25) is 0 Å². The van der Waals surface area contributed by atoms with Gasteiger partial charge in [-0.25, -0.2) is 0 Å². The lowest BCUT2D eigenvalue weighted by molar-refractivity contribution is 0.0757. The summed E-state index contributed by atoms with van der Waals surface area (Å²) in [6.45, 7) is 7.57. The average molecular weight is 238 g/mol. The van der Waals surface area contributed by atoms with E-state index in [-0.39, 0.29) is 6.10 Å². The van der Waals surface area contributed by atoms with E-state index in [0.717, 1.165) is 44.3 Å². The van der Waals surface area contributed by atoms with Crippen LogP contribution in [0.3, 0.4) is 0 Å². The molecule has 0 fully saturated rings. The molecule has 1 atom stereocenters. The van der Waals surface area contributed by atoms with Crippen molar-refractivity contribution in [2.45, 2.75) is 52.3 Å². The van der Waals surface area contributed by atoms with Crippen molar-refractivity contribution in [1.82, 2.24) is 20.1 Å². The molecular formula is C12H22N4O. The van der Waals surface area contributed by atoms with Crippen molar-refractivity contribution in [2.75, 3.05) is 13.2 Å². The number of hydrogen-bond donors (Lipinski definition) is 1. The van der Waals surface area contributed by atoms with Crippen LogP contribution < -0.4 is 5.32 Å². The van der Waals surface area contributed by atoms with Crippen LogP contribution in [-0.2, 0) is 24.2 Å². The van der Waals surface area contributed by atoms with Crippen molar-refractivity contribution in [1.29, 1.82) is 0 Å². The summed E-state index contributed by atoms with van der Waals surface area (Å²) in [6, 6.07) is 0. The number of hydrogen-bond acceptors (Lipinski definition) is 4. The molecule has 0 aromatic carbocycles. The maximum atomic E-state index is 5.47. The Bertz CT molecular complexity index is 350. The third kappa shape index (κ3) is 3.26. The van der Waals surface area contributed by atoms with E-state index >= 15 is 0 Å². The van der Waals surface area contributed by atoms with Crippen LogP contribution in [-0.4, -0.2) is 34.0 Å². The van der Waals surface area contributed by atoms with Crippen LogP contribution in [0.25, 0.3) is 0 Å². The fraction of sp³-hybridized carbons (Fsp3) is 0.833. The monoisotopic (exact) mass is 238 g/mol. The van der Waals surface area contributed by atoms with Crippen molar-refractivity contribution >= 4 is 0 Å². The molecule has 1 unspecified atom stereocenters. The molecule has 0 amide bonds. The first kappa shape index (κ1) is 12.5. The second kappa shape index (κ2) is 6.12. The molecule has 2 rings (SSSR count). The van der Waals surface area contributed by atoms with Gasteiger partial charge in [-0.1, -0.05) is 0 Å². The molecule has 1 N–H and O–H groups in total. The second-order valence-electron chi connectivity index (χ2n) is 4.54. The summed E-state index contributed by atoms with van der Waals surface area (Å²) in [5.74, 6) is 2.20. The molecule has 0 aliphatic carbocycles. The van der Waals surface area contributed by atoms with Crippen LogP contribution in [0.2, 0.25) is 0 Å². The van der Waals surface area contributed by atoms with Gasteiger partial charge >= 0.3 is 0 Å². The fourth-order valence-electron chi connectivity index (χ4n) is 2.23. The number of aryl methyl sites for hydroxylation is 1. The van der Waals surface area contributed by atoms with Crippen molar-refractivity contribution in [3.8, 4) is 0 Å². The Kier molecular flexibility index (Phi) is 4.50. The van der Waals surface area contributed by atoms with Gasteiger partial charge in [0.25, 0.3) is 0 Å². The number of rotatable bonds is 6. The van der Waals surface area contributed by atoms with Gasteiger partial charge in [0.1, 0.15) is 11.6 Å². The first-order valence-electron chi connectivity index (χ1n) is 6.54. The highest BCUT2D eigenvalue weighted by atomic mass is 16.5.